The van der Waals surface area contributed by atoms with Crippen molar-refractivity contribution in [2.45, 2.75) is 25.6 Å². The van der Waals surface area contributed by atoms with E-state index < -0.39 is 12.2 Å². The first-order valence-electron chi connectivity index (χ1n) is 5.53. The normalized spacial score (nSPS) is 13.9. The number of carbonyl (C=O) groups is 1. The third-order valence-electron chi connectivity index (χ3n) is 2.55. The molecule has 0 aromatic carbocycles. The van der Waals surface area contributed by atoms with Crippen molar-refractivity contribution < 1.29 is 15.0 Å². The number of nitrogens with one attached hydrogen (secondary N) is 1. The standard InChI is InChI=1S/C11H18N4O3/c1-6(16)15-3-2-9(17)11(18)7-4-14-5-8(12)10(7)13/h4-5,9,11,17-18H,2-3,12H2,1H3,(H2,13,14)(H,15,16). The molecule has 0 aliphatic heterocycles. The number of nitrogens with two attached hydrogens (primary N) is 2. The predicted molar refractivity (Wildman–Crippen MR) is 67.3 cm³/mol. The number of nitrogen functional groups attached to an aromatic ring is 2. The zero-order valence-electron chi connectivity index (χ0n) is 10.1. The molecule has 7 N–H and O–H groups in total. The molecule has 100 valence electrons. The number of hydrogen-bond acceptors (Lipinski definition) is 6. The molecule has 7 nitrogen and oxygen atoms in total. The van der Waals surface area contributed by atoms with Crippen LogP contribution >= 0.6 is 0 Å². The highest BCUT2D eigenvalue weighted by Crippen LogP contribution is 2.27. The van der Waals surface area contributed by atoms with E-state index in [2.05, 4.69) is 10.3 Å². The minimum atomic E-state index is -1.19. The number of anilines is 2. The van der Waals surface area contributed by atoms with Gasteiger partial charge in [-0.1, -0.05) is 0 Å². The van der Waals surface area contributed by atoms with Crippen LogP contribution in [0.4, 0.5) is 11.4 Å². The Morgan fingerprint density at radius 3 is 2.72 bits per heavy atom. The summed E-state index contributed by atoms with van der Waals surface area (Å²) in [5.41, 5.74) is 12.0. The van der Waals surface area contributed by atoms with Crippen LogP contribution in [0.3, 0.4) is 0 Å². The maximum Gasteiger partial charge on any atom is 0.216 e. The van der Waals surface area contributed by atoms with E-state index in [1.807, 2.05) is 0 Å². The highest BCUT2D eigenvalue weighted by Gasteiger charge is 2.21. The molecule has 1 rings (SSSR count). The molecule has 1 aromatic rings. The van der Waals surface area contributed by atoms with Gasteiger partial charge in [0, 0.05) is 25.2 Å². The number of aliphatic hydroxyl groups is 2. The molecule has 0 saturated heterocycles. The molecule has 0 saturated carbocycles. The SMILES string of the molecule is CC(=O)NCCC(O)C(O)c1cncc(N)c1N. The molecule has 1 heterocycles. The van der Waals surface area contributed by atoms with Crippen molar-refractivity contribution in [1.29, 1.82) is 0 Å². The summed E-state index contributed by atoms with van der Waals surface area (Å²) in [5.74, 6) is -0.193. The number of carbonyl (C=O) groups excluding carboxylic acids is 1. The van der Waals surface area contributed by atoms with E-state index in [0.29, 0.717) is 0 Å². The molecular weight excluding hydrogens is 236 g/mol. The van der Waals surface area contributed by atoms with Crippen molar-refractivity contribution in [3.8, 4) is 0 Å². The van der Waals surface area contributed by atoms with E-state index in [4.69, 9.17) is 11.5 Å². The van der Waals surface area contributed by atoms with Crippen molar-refractivity contribution in [2.24, 2.45) is 0 Å². The van der Waals surface area contributed by atoms with Gasteiger partial charge in [-0.2, -0.15) is 0 Å². The Hall–Kier alpha value is -1.86. The van der Waals surface area contributed by atoms with Crippen molar-refractivity contribution >= 4 is 17.3 Å². The van der Waals surface area contributed by atoms with E-state index in [1.54, 1.807) is 0 Å². The van der Waals surface area contributed by atoms with Crippen molar-refractivity contribution in [3.05, 3.63) is 18.0 Å². The second-order valence-corrected chi connectivity index (χ2v) is 4.02. The largest absolute Gasteiger partial charge is 0.397 e. The molecule has 0 aliphatic carbocycles. The minimum Gasteiger partial charge on any atom is -0.397 e. The van der Waals surface area contributed by atoms with Gasteiger partial charge in [0.25, 0.3) is 0 Å². The minimum absolute atomic E-state index is 0.193. The van der Waals surface area contributed by atoms with Crippen molar-refractivity contribution in [1.82, 2.24) is 10.3 Å². The zero-order valence-corrected chi connectivity index (χ0v) is 10.1. The average molecular weight is 254 g/mol. The van der Waals surface area contributed by atoms with E-state index in [0.717, 1.165) is 0 Å². The number of aromatic nitrogens is 1. The van der Waals surface area contributed by atoms with Crippen LogP contribution < -0.4 is 16.8 Å². The molecule has 2 unspecified atom stereocenters. The number of pyridine rings is 1. The summed E-state index contributed by atoms with van der Waals surface area (Å²) in [6, 6.07) is 0. The van der Waals surface area contributed by atoms with Crippen molar-refractivity contribution in [2.75, 3.05) is 18.0 Å². The van der Waals surface area contributed by atoms with Crippen LogP contribution in [-0.2, 0) is 4.79 Å². The fraction of sp³-hybridized carbons (Fsp3) is 0.455. The number of nitrogens with zero attached hydrogens (tertiary/aromatic N) is 1. The van der Waals surface area contributed by atoms with E-state index in [9.17, 15) is 15.0 Å². The molecule has 1 amide bonds. The lowest BCUT2D eigenvalue weighted by Crippen LogP contribution is -2.28. The summed E-state index contributed by atoms with van der Waals surface area (Å²) in [6.07, 6.45) is 0.694. The molecule has 0 aliphatic rings. The number of rotatable bonds is 5. The third kappa shape index (κ3) is 3.57. The van der Waals surface area contributed by atoms with Crippen LogP contribution in [0.5, 0.6) is 0 Å². The molecular formula is C11H18N4O3. The first kappa shape index (κ1) is 14.2. The molecule has 0 fully saturated rings. The lowest BCUT2D eigenvalue weighted by Gasteiger charge is -2.19. The lowest BCUT2D eigenvalue weighted by molar-refractivity contribution is -0.119. The van der Waals surface area contributed by atoms with Gasteiger partial charge in [-0.15, -0.1) is 0 Å². The summed E-state index contributed by atoms with van der Waals surface area (Å²) in [5, 5.41) is 22.2. The van der Waals surface area contributed by atoms with Gasteiger partial charge in [-0.25, -0.2) is 0 Å². The van der Waals surface area contributed by atoms with Crippen LogP contribution in [0.15, 0.2) is 12.4 Å². The second-order valence-electron chi connectivity index (χ2n) is 4.02. The summed E-state index contributed by atoms with van der Waals surface area (Å²) < 4.78 is 0. The molecule has 0 radical (unpaired) electrons. The van der Waals surface area contributed by atoms with Crippen LogP contribution in [-0.4, -0.2) is 33.8 Å². The Kier molecular flexibility index (Phi) is 4.87. The quantitative estimate of drug-likeness (QED) is 0.465. The topological polar surface area (TPSA) is 134 Å². The smallest absolute Gasteiger partial charge is 0.216 e. The Morgan fingerprint density at radius 2 is 2.11 bits per heavy atom. The van der Waals surface area contributed by atoms with Crippen LogP contribution in [0.2, 0.25) is 0 Å². The molecule has 1 aromatic heterocycles. The fourth-order valence-electron chi connectivity index (χ4n) is 1.50. The number of amides is 1. The number of aliphatic hydroxyl groups excluding tert-OH is 2. The van der Waals surface area contributed by atoms with Crippen LogP contribution in [0, 0.1) is 0 Å². The van der Waals surface area contributed by atoms with Gasteiger partial charge < -0.3 is 27.0 Å². The van der Waals surface area contributed by atoms with E-state index >= 15 is 0 Å². The summed E-state index contributed by atoms with van der Waals surface area (Å²) >= 11 is 0. The van der Waals surface area contributed by atoms with Gasteiger partial charge in [0.2, 0.25) is 5.91 Å². The molecule has 18 heavy (non-hydrogen) atoms. The summed E-state index contributed by atoms with van der Waals surface area (Å²) in [7, 11) is 0. The number of hydrogen-bond donors (Lipinski definition) is 5. The van der Waals surface area contributed by atoms with Gasteiger partial charge in [0.05, 0.1) is 23.7 Å². The molecule has 7 heteroatoms. The first-order valence-corrected chi connectivity index (χ1v) is 5.53. The molecule has 2 atom stereocenters. The van der Waals surface area contributed by atoms with Gasteiger partial charge >= 0.3 is 0 Å². The van der Waals surface area contributed by atoms with Gasteiger partial charge in [-0.3, -0.25) is 9.78 Å². The van der Waals surface area contributed by atoms with Gasteiger partial charge in [0.15, 0.2) is 0 Å². The summed E-state index contributed by atoms with van der Waals surface area (Å²) in [4.78, 5) is 14.5. The zero-order chi connectivity index (χ0) is 13.7. The Balaban J connectivity index is 2.65. The fourth-order valence-corrected chi connectivity index (χ4v) is 1.50. The Labute approximate surface area is 105 Å². The average Bonchev–Trinajstić information content (AvgIpc) is 2.31. The highest BCUT2D eigenvalue weighted by atomic mass is 16.3. The van der Waals surface area contributed by atoms with E-state index in [-0.39, 0.29) is 35.8 Å². The van der Waals surface area contributed by atoms with Gasteiger partial charge in [0.1, 0.15) is 6.10 Å². The molecule has 0 bridgehead atoms. The summed E-state index contributed by atoms with van der Waals surface area (Å²) in [6.45, 7) is 1.64. The molecule has 0 spiro atoms. The maximum atomic E-state index is 10.7. The maximum absolute atomic E-state index is 10.7. The first-order chi connectivity index (χ1) is 8.43. The van der Waals surface area contributed by atoms with Crippen molar-refractivity contribution in [3.63, 3.8) is 0 Å². The Bertz CT molecular complexity index is 425. The third-order valence-corrected chi connectivity index (χ3v) is 2.55. The van der Waals surface area contributed by atoms with E-state index in [1.165, 1.54) is 19.3 Å². The predicted octanol–water partition coefficient (Wildman–Crippen LogP) is -0.833. The monoisotopic (exact) mass is 254 g/mol. The second kappa shape index (κ2) is 6.18. The Morgan fingerprint density at radius 1 is 1.44 bits per heavy atom. The lowest BCUT2D eigenvalue weighted by atomic mass is 10.0. The van der Waals surface area contributed by atoms with Crippen LogP contribution in [0.1, 0.15) is 25.0 Å². The highest BCUT2D eigenvalue weighted by molar-refractivity contribution is 5.72. The van der Waals surface area contributed by atoms with Gasteiger partial charge in [-0.05, 0) is 6.42 Å². The van der Waals surface area contributed by atoms with Crippen LogP contribution in [0.25, 0.3) is 0 Å².